The second-order valence-corrected chi connectivity index (χ2v) is 7.46. The van der Waals surface area contributed by atoms with E-state index < -0.39 is 0 Å². The van der Waals surface area contributed by atoms with E-state index in [1.807, 2.05) is 0 Å². The number of rotatable bonds is 4. The fourth-order valence-electron chi connectivity index (χ4n) is 2.37. The Bertz CT molecular complexity index is 438. The normalized spacial score (nSPS) is 12.8. The number of nitrogens with zero attached hydrogens (tertiary/aromatic N) is 1. The second-order valence-electron chi connectivity index (χ2n) is 7.46. The van der Waals surface area contributed by atoms with Crippen molar-refractivity contribution in [2.24, 2.45) is 0 Å². The van der Waals surface area contributed by atoms with Crippen LogP contribution in [0.3, 0.4) is 0 Å². The molecule has 20 heavy (non-hydrogen) atoms. The molecule has 0 fully saturated rings. The Hall–Kier alpha value is -1.02. The van der Waals surface area contributed by atoms with Crippen LogP contribution in [-0.2, 0) is 12.0 Å². The van der Waals surface area contributed by atoms with Gasteiger partial charge >= 0.3 is 0 Å². The molecule has 0 spiro atoms. The molecule has 2 heteroatoms. The van der Waals surface area contributed by atoms with E-state index in [1.54, 1.807) is 7.11 Å². The first kappa shape index (κ1) is 17.0. The molecule has 0 radical (unpaired) electrons. The van der Waals surface area contributed by atoms with Gasteiger partial charge in [0.1, 0.15) is 5.75 Å². The summed E-state index contributed by atoms with van der Waals surface area (Å²) in [4.78, 5) is 2.46. The summed E-state index contributed by atoms with van der Waals surface area (Å²) in [5.74, 6) is 1.00. The summed E-state index contributed by atoms with van der Waals surface area (Å²) in [5, 5.41) is 0. The van der Waals surface area contributed by atoms with Crippen molar-refractivity contribution < 1.29 is 4.74 Å². The van der Waals surface area contributed by atoms with Crippen LogP contribution in [0.1, 0.15) is 59.6 Å². The molecule has 2 nitrogen and oxygen atoms in total. The van der Waals surface area contributed by atoms with E-state index in [0.29, 0.717) is 0 Å². The number of methoxy groups -OCH3 is 1. The Morgan fingerprint density at radius 2 is 1.65 bits per heavy atom. The maximum atomic E-state index is 5.61. The molecular weight excluding hydrogens is 246 g/mol. The molecule has 0 aliphatic heterocycles. The van der Waals surface area contributed by atoms with Crippen molar-refractivity contribution in [3.63, 3.8) is 0 Å². The molecule has 0 amide bonds. The van der Waals surface area contributed by atoms with Gasteiger partial charge < -0.3 is 4.74 Å². The van der Waals surface area contributed by atoms with E-state index in [2.05, 4.69) is 71.6 Å². The van der Waals surface area contributed by atoms with Crippen LogP contribution >= 0.6 is 0 Å². The van der Waals surface area contributed by atoms with Gasteiger partial charge in [0, 0.05) is 17.6 Å². The van der Waals surface area contributed by atoms with Crippen LogP contribution in [-0.4, -0.2) is 24.1 Å². The van der Waals surface area contributed by atoms with Crippen LogP contribution in [0.2, 0.25) is 0 Å². The molecule has 0 atom stereocenters. The molecule has 1 aromatic rings. The zero-order chi connectivity index (χ0) is 15.6. The summed E-state index contributed by atoms with van der Waals surface area (Å²) in [6.07, 6.45) is 0. The van der Waals surface area contributed by atoms with Crippen LogP contribution < -0.4 is 4.74 Å². The lowest BCUT2D eigenvalue weighted by Crippen LogP contribution is -2.40. The molecule has 0 aromatic heterocycles. The van der Waals surface area contributed by atoms with E-state index >= 15 is 0 Å². The lowest BCUT2D eigenvalue weighted by Gasteiger charge is -2.35. The quantitative estimate of drug-likeness (QED) is 0.796. The topological polar surface area (TPSA) is 12.5 Å². The van der Waals surface area contributed by atoms with Gasteiger partial charge in [0.2, 0.25) is 0 Å². The van der Waals surface area contributed by atoms with Crippen molar-refractivity contribution in [3.8, 4) is 5.75 Å². The zero-order valence-corrected chi connectivity index (χ0v) is 14.5. The average molecular weight is 277 g/mol. The van der Waals surface area contributed by atoms with Gasteiger partial charge in [-0.3, -0.25) is 4.90 Å². The minimum absolute atomic E-state index is 0.153. The van der Waals surface area contributed by atoms with Gasteiger partial charge in [-0.15, -0.1) is 0 Å². The maximum absolute atomic E-state index is 5.61. The van der Waals surface area contributed by atoms with Crippen molar-refractivity contribution in [3.05, 3.63) is 29.3 Å². The molecule has 1 rings (SSSR count). The fraction of sp³-hybridized carbons (Fsp3) is 0.667. The molecule has 0 saturated heterocycles. The molecule has 0 saturated carbocycles. The molecule has 0 heterocycles. The number of ether oxygens (including phenoxy) is 1. The summed E-state index contributed by atoms with van der Waals surface area (Å²) in [5.41, 5.74) is 2.90. The number of benzene rings is 1. The van der Waals surface area contributed by atoms with Gasteiger partial charge in [0.15, 0.2) is 0 Å². The Morgan fingerprint density at radius 3 is 2.05 bits per heavy atom. The van der Waals surface area contributed by atoms with Crippen LogP contribution in [0, 0.1) is 0 Å². The van der Waals surface area contributed by atoms with Crippen molar-refractivity contribution in [2.75, 3.05) is 13.7 Å². The standard InChI is InChI=1S/C18H31NO/c1-9-19(18(5,6)7)13-14-10-11-15(17(2,3)4)12-16(14)20-8/h10-12H,9,13H2,1-8H3. The summed E-state index contributed by atoms with van der Waals surface area (Å²) in [6.45, 7) is 17.6. The molecular formula is C18H31NO. The predicted octanol–water partition coefficient (Wildman–Crippen LogP) is 4.61. The monoisotopic (exact) mass is 277 g/mol. The van der Waals surface area contributed by atoms with Gasteiger partial charge in [-0.2, -0.15) is 0 Å². The second kappa shape index (κ2) is 6.17. The minimum Gasteiger partial charge on any atom is -0.496 e. The summed E-state index contributed by atoms with van der Waals surface area (Å²) >= 11 is 0. The highest BCUT2D eigenvalue weighted by atomic mass is 16.5. The Kier molecular flexibility index (Phi) is 5.26. The Balaban J connectivity index is 3.08. The Morgan fingerprint density at radius 1 is 1.05 bits per heavy atom. The van der Waals surface area contributed by atoms with Gasteiger partial charge in [0.05, 0.1) is 7.11 Å². The van der Waals surface area contributed by atoms with E-state index in [-0.39, 0.29) is 11.0 Å². The smallest absolute Gasteiger partial charge is 0.123 e. The van der Waals surface area contributed by atoms with Gasteiger partial charge in [0.25, 0.3) is 0 Å². The van der Waals surface area contributed by atoms with E-state index in [0.717, 1.165) is 18.8 Å². The number of hydrogen-bond acceptors (Lipinski definition) is 2. The van der Waals surface area contributed by atoms with Crippen LogP contribution in [0.15, 0.2) is 18.2 Å². The minimum atomic E-state index is 0.153. The van der Waals surface area contributed by atoms with Crippen molar-refractivity contribution >= 4 is 0 Å². The molecule has 1 aromatic carbocycles. The third-order valence-corrected chi connectivity index (χ3v) is 3.84. The van der Waals surface area contributed by atoms with Crippen molar-refractivity contribution in [1.82, 2.24) is 4.90 Å². The first-order valence-electron chi connectivity index (χ1n) is 7.52. The first-order valence-corrected chi connectivity index (χ1v) is 7.52. The van der Waals surface area contributed by atoms with Crippen molar-refractivity contribution in [1.29, 1.82) is 0 Å². The largest absolute Gasteiger partial charge is 0.496 e. The lowest BCUT2D eigenvalue weighted by atomic mass is 9.86. The van der Waals surface area contributed by atoms with Crippen LogP contribution in [0.25, 0.3) is 0 Å². The van der Waals surface area contributed by atoms with Gasteiger partial charge in [-0.25, -0.2) is 0 Å². The molecule has 0 N–H and O–H groups in total. The highest BCUT2D eigenvalue weighted by Gasteiger charge is 2.22. The number of hydrogen-bond donors (Lipinski definition) is 0. The average Bonchev–Trinajstić information content (AvgIpc) is 2.33. The Labute approximate surface area is 125 Å². The predicted molar refractivity (Wildman–Crippen MR) is 87.5 cm³/mol. The lowest BCUT2D eigenvalue weighted by molar-refractivity contribution is 0.134. The fourth-order valence-corrected chi connectivity index (χ4v) is 2.37. The zero-order valence-electron chi connectivity index (χ0n) is 14.5. The van der Waals surface area contributed by atoms with E-state index in [1.165, 1.54) is 11.1 Å². The van der Waals surface area contributed by atoms with E-state index in [4.69, 9.17) is 4.74 Å². The van der Waals surface area contributed by atoms with Crippen LogP contribution in [0.4, 0.5) is 0 Å². The molecule has 114 valence electrons. The van der Waals surface area contributed by atoms with E-state index in [9.17, 15) is 0 Å². The van der Waals surface area contributed by atoms with Gasteiger partial charge in [-0.05, 0) is 44.4 Å². The van der Waals surface area contributed by atoms with Crippen molar-refractivity contribution in [2.45, 2.75) is 66.0 Å². The first-order chi connectivity index (χ1) is 9.09. The summed E-state index contributed by atoms with van der Waals surface area (Å²) in [6, 6.07) is 6.63. The molecule has 0 unspecified atom stereocenters. The summed E-state index contributed by atoms with van der Waals surface area (Å²) in [7, 11) is 1.76. The van der Waals surface area contributed by atoms with Gasteiger partial charge in [-0.1, -0.05) is 39.8 Å². The molecule has 0 bridgehead atoms. The third-order valence-electron chi connectivity index (χ3n) is 3.84. The van der Waals surface area contributed by atoms with Crippen LogP contribution in [0.5, 0.6) is 5.75 Å². The SMILES string of the molecule is CCN(Cc1ccc(C(C)(C)C)cc1OC)C(C)(C)C. The maximum Gasteiger partial charge on any atom is 0.123 e. The summed E-state index contributed by atoms with van der Waals surface area (Å²) < 4.78 is 5.61. The third kappa shape index (κ3) is 4.24. The highest BCUT2D eigenvalue weighted by Crippen LogP contribution is 2.30. The molecule has 0 aliphatic rings. The molecule has 0 aliphatic carbocycles. The highest BCUT2D eigenvalue weighted by molar-refractivity contribution is 5.40.